The molecule has 0 aliphatic carbocycles. The maximum absolute atomic E-state index is 11.9. The Morgan fingerprint density at radius 2 is 2.24 bits per heavy atom. The summed E-state index contributed by atoms with van der Waals surface area (Å²) in [6.45, 7) is 0.744. The van der Waals surface area contributed by atoms with Crippen LogP contribution in [0.25, 0.3) is 0 Å². The van der Waals surface area contributed by atoms with Crippen molar-refractivity contribution in [1.29, 1.82) is 0 Å². The molecule has 21 heavy (non-hydrogen) atoms. The fraction of sp³-hybridized carbons (Fsp3) is 0.267. The zero-order valence-corrected chi connectivity index (χ0v) is 13.5. The normalized spacial score (nSPS) is 10.4. The molecular weight excluding hydrogens is 308 g/mol. The van der Waals surface area contributed by atoms with E-state index in [1.165, 1.54) is 12.0 Å². The van der Waals surface area contributed by atoms with Gasteiger partial charge in [-0.3, -0.25) is 0 Å². The lowest BCUT2D eigenvalue weighted by atomic mass is 10.1. The van der Waals surface area contributed by atoms with Crippen LogP contribution in [0.15, 0.2) is 29.6 Å². The number of esters is 1. The van der Waals surface area contributed by atoms with Crippen LogP contribution in [0.2, 0.25) is 5.02 Å². The lowest BCUT2D eigenvalue weighted by Crippen LogP contribution is -2.23. The van der Waals surface area contributed by atoms with Gasteiger partial charge in [0, 0.05) is 24.2 Å². The van der Waals surface area contributed by atoms with Crippen molar-refractivity contribution in [2.75, 3.05) is 31.3 Å². The predicted octanol–water partition coefficient (Wildman–Crippen LogP) is 3.45. The van der Waals surface area contributed by atoms with Gasteiger partial charge in [-0.1, -0.05) is 17.7 Å². The zero-order valence-electron chi connectivity index (χ0n) is 11.9. The van der Waals surface area contributed by atoms with E-state index in [1.54, 1.807) is 23.5 Å². The number of hydrogen-bond donors (Lipinski definition) is 1. The molecule has 0 saturated carbocycles. The van der Waals surface area contributed by atoms with Crippen molar-refractivity contribution in [3.05, 3.63) is 45.1 Å². The van der Waals surface area contributed by atoms with Crippen LogP contribution in [0.4, 0.5) is 11.4 Å². The number of carbonyl (C=O) groups is 1. The van der Waals surface area contributed by atoms with Crippen molar-refractivity contribution < 1.29 is 9.53 Å². The van der Waals surface area contributed by atoms with Gasteiger partial charge in [0.25, 0.3) is 0 Å². The molecule has 2 rings (SSSR count). The molecule has 0 aliphatic heterocycles. The molecule has 1 heterocycles. The maximum atomic E-state index is 11.9. The first kappa shape index (κ1) is 15.7. The second-order valence-corrected chi connectivity index (χ2v) is 6.08. The Kier molecular flexibility index (Phi) is 5.09. The number of hydrogen-bond acceptors (Lipinski definition) is 5. The van der Waals surface area contributed by atoms with E-state index in [9.17, 15) is 4.79 Å². The molecule has 2 aromatic rings. The fourth-order valence-corrected chi connectivity index (χ4v) is 3.19. The SMILES string of the molecule is COC(=O)c1cc(N)cc(Cl)c1N(C)CCc1cccs1. The Labute approximate surface area is 133 Å². The zero-order chi connectivity index (χ0) is 15.4. The quantitative estimate of drug-likeness (QED) is 0.676. The molecule has 0 radical (unpaired) electrons. The van der Waals surface area contributed by atoms with Crippen LogP contribution < -0.4 is 10.6 Å². The third-order valence-corrected chi connectivity index (χ3v) is 4.37. The number of likely N-dealkylation sites (N-methyl/N-ethyl adjacent to an activating group) is 1. The van der Waals surface area contributed by atoms with Crippen molar-refractivity contribution in [1.82, 2.24) is 0 Å². The minimum Gasteiger partial charge on any atom is -0.465 e. The number of anilines is 2. The van der Waals surface area contributed by atoms with Crippen LogP contribution in [0.5, 0.6) is 0 Å². The summed E-state index contributed by atoms with van der Waals surface area (Å²) < 4.78 is 4.81. The van der Waals surface area contributed by atoms with Gasteiger partial charge in [0.2, 0.25) is 0 Å². The molecular formula is C15H17ClN2O2S. The number of halogens is 1. The number of methoxy groups -OCH3 is 1. The van der Waals surface area contributed by atoms with E-state index >= 15 is 0 Å². The largest absolute Gasteiger partial charge is 0.465 e. The summed E-state index contributed by atoms with van der Waals surface area (Å²) in [5, 5.41) is 2.50. The Balaban J connectivity index is 2.26. The summed E-state index contributed by atoms with van der Waals surface area (Å²) in [4.78, 5) is 15.2. The molecule has 0 saturated heterocycles. The summed E-state index contributed by atoms with van der Waals surface area (Å²) >= 11 is 7.97. The standard InChI is InChI=1S/C15H17ClN2O2S/c1-18(6-5-11-4-3-7-21-11)14-12(15(19)20-2)8-10(17)9-13(14)16/h3-4,7-9H,5-6,17H2,1-2H3. The third-order valence-electron chi connectivity index (χ3n) is 3.15. The Morgan fingerprint density at radius 1 is 1.48 bits per heavy atom. The first-order valence-corrected chi connectivity index (χ1v) is 7.69. The summed E-state index contributed by atoms with van der Waals surface area (Å²) in [5.74, 6) is -0.442. The van der Waals surface area contributed by atoms with E-state index in [0.29, 0.717) is 22.0 Å². The van der Waals surface area contributed by atoms with Crippen LogP contribution in [0.1, 0.15) is 15.2 Å². The predicted molar refractivity (Wildman–Crippen MR) is 88.5 cm³/mol. The molecule has 0 bridgehead atoms. The summed E-state index contributed by atoms with van der Waals surface area (Å²) in [5.41, 5.74) is 7.24. The minimum atomic E-state index is -0.442. The molecule has 1 aromatic heterocycles. The van der Waals surface area contributed by atoms with Crippen LogP contribution in [0.3, 0.4) is 0 Å². The van der Waals surface area contributed by atoms with Crippen LogP contribution >= 0.6 is 22.9 Å². The van der Waals surface area contributed by atoms with E-state index < -0.39 is 5.97 Å². The van der Waals surface area contributed by atoms with E-state index in [4.69, 9.17) is 22.1 Å². The average molecular weight is 325 g/mol. The van der Waals surface area contributed by atoms with Gasteiger partial charge in [-0.05, 0) is 30.0 Å². The molecule has 112 valence electrons. The number of rotatable bonds is 5. The molecule has 0 atom stereocenters. The van der Waals surface area contributed by atoms with Crippen LogP contribution in [-0.4, -0.2) is 26.7 Å². The summed E-state index contributed by atoms with van der Waals surface area (Å²) in [7, 11) is 3.24. The fourth-order valence-electron chi connectivity index (χ4n) is 2.12. The number of nitrogens with two attached hydrogens (primary N) is 1. The smallest absolute Gasteiger partial charge is 0.340 e. The number of thiophene rings is 1. The van der Waals surface area contributed by atoms with Gasteiger partial charge in [-0.15, -0.1) is 11.3 Å². The Bertz CT molecular complexity index is 629. The van der Waals surface area contributed by atoms with E-state index in [-0.39, 0.29) is 0 Å². The average Bonchev–Trinajstić information content (AvgIpc) is 2.96. The summed E-state index contributed by atoms with van der Waals surface area (Å²) in [6.07, 6.45) is 0.884. The molecule has 0 unspecified atom stereocenters. The second kappa shape index (κ2) is 6.83. The van der Waals surface area contributed by atoms with Gasteiger partial charge in [-0.2, -0.15) is 0 Å². The molecule has 4 nitrogen and oxygen atoms in total. The second-order valence-electron chi connectivity index (χ2n) is 4.64. The number of carbonyl (C=O) groups excluding carboxylic acids is 1. The van der Waals surface area contributed by atoms with Crippen molar-refractivity contribution in [3.63, 3.8) is 0 Å². The van der Waals surface area contributed by atoms with Gasteiger partial charge in [-0.25, -0.2) is 4.79 Å². The number of nitrogens with zero attached hydrogens (tertiary/aromatic N) is 1. The van der Waals surface area contributed by atoms with Crippen molar-refractivity contribution in [2.45, 2.75) is 6.42 Å². The molecule has 0 amide bonds. The van der Waals surface area contributed by atoms with Crippen molar-refractivity contribution in [2.24, 2.45) is 0 Å². The van der Waals surface area contributed by atoms with E-state index in [2.05, 4.69) is 6.07 Å². The molecule has 0 fully saturated rings. The molecule has 1 aromatic carbocycles. The Morgan fingerprint density at radius 3 is 2.86 bits per heavy atom. The number of benzene rings is 1. The minimum absolute atomic E-state index is 0.385. The molecule has 6 heteroatoms. The highest BCUT2D eigenvalue weighted by Gasteiger charge is 2.19. The van der Waals surface area contributed by atoms with Crippen molar-refractivity contribution in [3.8, 4) is 0 Å². The monoisotopic (exact) mass is 324 g/mol. The number of nitrogen functional groups attached to an aromatic ring is 1. The topological polar surface area (TPSA) is 55.6 Å². The van der Waals surface area contributed by atoms with Gasteiger partial charge < -0.3 is 15.4 Å². The highest BCUT2D eigenvalue weighted by molar-refractivity contribution is 7.09. The molecule has 0 spiro atoms. The highest BCUT2D eigenvalue weighted by atomic mass is 35.5. The highest BCUT2D eigenvalue weighted by Crippen LogP contribution is 2.32. The maximum Gasteiger partial charge on any atom is 0.340 e. The number of ether oxygens (including phenoxy) is 1. The van der Waals surface area contributed by atoms with Crippen LogP contribution in [-0.2, 0) is 11.2 Å². The van der Waals surface area contributed by atoms with Gasteiger partial charge in [0.15, 0.2) is 0 Å². The van der Waals surface area contributed by atoms with Gasteiger partial charge >= 0.3 is 5.97 Å². The lowest BCUT2D eigenvalue weighted by molar-refractivity contribution is 0.0601. The summed E-state index contributed by atoms with van der Waals surface area (Å²) in [6, 6.07) is 7.35. The third kappa shape index (κ3) is 3.68. The molecule has 0 aliphatic rings. The molecule has 2 N–H and O–H groups in total. The van der Waals surface area contributed by atoms with E-state index in [0.717, 1.165) is 13.0 Å². The van der Waals surface area contributed by atoms with E-state index in [1.807, 2.05) is 23.4 Å². The van der Waals surface area contributed by atoms with Gasteiger partial charge in [0.05, 0.1) is 23.4 Å². The van der Waals surface area contributed by atoms with Crippen molar-refractivity contribution >= 4 is 40.3 Å². The van der Waals surface area contributed by atoms with Gasteiger partial charge in [0.1, 0.15) is 0 Å². The first-order valence-electron chi connectivity index (χ1n) is 6.43. The Hall–Kier alpha value is -1.72. The first-order chi connectivity index (χ1) is 10.0. The lowest BCUT2D eigenvalue weighted by Gasteiger charge is -2.23. The van der Waals surface area contributed by atoms with Crippen LogP contribution in [0, 0.1) is 0 Å².